The predicted molar refractivity (Wildman–Crippen MR) is 99.6 cm³/mol. The SMILES string of the molecule is O=C(CSCc1ccccc1)NCC1CN(c2ccc(F)cc2)C(=O)O1. The van der Waals surface area contributed by atoms with Crippen molar-refractivity contribution in [3.8, 4) is 0 Å². The molecule has 5 nitrogen and oxygen atoms in total. The van der Waals surface area contributed by atoms with Crippen LogP contribution in [0.3, 0.4) is 0 Å². The van der Waals surface area contributed by atoms with Gasteiger partial charge in [0, 0.05) is 11.4 Å². The fourth-order valence-electron chi connectivity index (χ4n) is 2.57. The minimum Gasteiger partial charge on any atom is -0.442 e. The zero-order chi connectivity index (χ0) is 18.4. The zero-order valence-electron chi connectivity index (χ0n) is 14.1. The van der Waals surface area contributed by atoms with E-state index in [1.165, 1.54) is 46.5 Å². The summed E-state index contributed by atoms with van der Waals surface area (Å²) in [5.41, 5.74) is 1.74. The Kier molecular flexibility index (Phi) is 6.12. The summed E-state index contributed by atoms with van der Waals surface area (Å²) in [6, 6.07) is 15.6. The summed E-state index contributed by atoms with van der Waals surface area (Å²) in [7, 11) is 0. The van der Waals surface area contributed by atoms with Gasteiger partial charge in [-0.2, -0.15) is 0 Å². The lowest BCUT2D eigenvalue weighted by atomic mass is 10.2. The number of thioether (sulfide) groups is 1. The van der Waals surface area contributed by atoms with Crippen LogP contribution in [0.25, 0.3) is 0 Å². The zero-order valence-corrected chi connectivity index (χ0v) is 14.9. The minimum absolute atomic E-state index is 0.0952. The Morgan fingerprint density at radius 2 is 1.92 bits per heavy atom. The van der Waals surface area contributed by atoms with Crippen LogP contribution in [0.2, 0.25) is 0 Å². The predicted octanol–water partition coefficient (Wildman–Crippen LogP) is 3.20. The van der Waals surface area contributed by atoms with Gasteiger partial charge in [-0.3, -0.25) is 9.69 Å². The third kappa shape index (κ3) is 4.98. The van der Waals surface area contributed by atoms with E-state index in [1.54, 1.807) is 0 Å². The average molecular weight is 374 g/mol. The van der Waals surface area contributed by atoms with Gasteiger partial charge in [-0.15, -0.1) is 11.8 Å². The van der Waals surface area contributed by atoms with Gasteiger partial charge in [-0.1, -0.05) is 30.3 Å². The summed E-state index contributed by atoms with van der Waals surface area (Å²) in [6.07, 6.45) is -0.912. The Hall–Kier alpha value is -2.54. The smallest absolute Gasteiger partial charge is 0.414 e. The van der Waals surface area contributed by atoms with Crippen molar-refractivity contribution in [2.75, 3.05) is 23.7 Å². The van der Waals surface area contributed by atoms with Crippen molar-refractivity contribution in [2.45, 2.75) is 11.9 Å². The van der Waals surface area contributed by atoms with Crippen molar-refractivity contribution in [2.24, 2.45) is 0 Å². The van der Waals surface area contributed by atoms with Crippen LogP contribution in [0.4, 0.5) is 14.9 Å². The van der Waals surface area contributed by atoms with E-state index in [0.29, 0.717) is 18.0 Å². The molecule has 1 aliphatic rings. The molecule has 26 heavy (non-hydrogen) atoms. The Bertz CT molecular complexity index is 755. The first-order valence-electron chi connectivity index (χ1n) is 8.24. The average Bonchev–Trinajstić information content (AvgIpc) is 3.02. The van der Waals surface area contributed by atoms with Crippen LogP contribution in [-0.2, 0) is 15.3 Å². The molecule has 1 fully saturated rings. The van der Waals surface area contributed by atoms with Crippen molar-refractivity contribution in [1.82, 2.24) is 5.32 Å². The molecule has 0 spiro atoms. The van der Waals surface area contributed by atoms with Gasteiger partial charge in [-0.25, -0.2) is 9.18 Å². The van der Waals surface area contributed by atoms with Crippen molar-refractivity contribution < 1.29 is 18.7 Å². The number of hydrogen-bond donors (Lipinski definition) is 1. The highest BCUT2D eigenvalue weighted by Crippen LogP contribution is 2.21. The molecule has 1 atom stereocenters. The van der Waals surface area contributed by atoms with Gasteiger partial charge in [-0.05, 0) is 29.8 Å². The normalized spacial score (nSPS) is 16.4. The van der Waals surface area contributed by atoms with E-state index >= 15 is 0 Å². The number of cyclic esters (lactones) is 1. The van der Waals surface area contributed by atoms with Crippen molar-refractivity contribution in [1.29, 1.82) is 0 Å². The second-order valence-electron chi connectivity index (χ2n) is 5.88. The van der Waals surface area contributed by atoms with Crippen LogP contribution < -0.4 is 10.2 Å². The van der Waals surface area contributed by atoms with Gasteiger partial charge < -0.3 is 10.1 Å². The number of halogens is 1. The van der Waals surface area contributed by atoms with Crippen LogP contribution in [0.1, 0.15) is 5.56 Å². The van der Waals surface area contributed by atoms with E-state index in [9.17, 15) is 14.0 Å². The monoisotopic (exact) mass is 374 g/mol. The van der Waals surface area contributed by atoms with Gasteiger partial charge in [0.15, 0.2) is 0 Å². The van der Waals surface area contributed by atoms with E-state index in [-0.39, 0.29) is 18.3 Å². The number of nitrogens with one attached hydrogen (secondary N) is 1. The topological polar surface area (TPSA) is 58.6 Å². The molecule has 0 bridgehead atoms. The highest BCUT2D eigenvalue weighted by atomic mass is 32.2. The molecule has 2 amide bonds. The van der Waals surface area contributed by atoms with Gasteiger partial charge in [0.05, 0.1) is 18.8 Å². The highest BCUT2D eigenvalue weighted by molar-refractivity contribution is 7.99. The van der Waals surface area contributed by atoms with Gasteiger partial charge >= 0.3 is 6.09 Å². The van der Waals surface area contributed by atoms with Crippen LogP contribution in [0.5, 0.6) is 0 Å². The fourth-order valence-corrected chi connectivity index (χ4v) is 3.39. The lowest BCUT2D eigenvalue weighted by molar-refractivity contribution is -0.118. The first-order chi connectivity index (χ1) is 12.6. The summed E-state index contributed by atoms with van der Waals surface area (Å²) in [6.45, 7) is 0.579. The highest BCUT2D eigenvalue weighted by Gasteiger charge is 2.32. The third-order valence-electron chi connectivity index (χ3n) is 3.88. The van der Waals surface area contributed by atoms with Crippen molar-refractivity contribution in [3.05, 3.63) is 66.0 Å². The number of amides is 2. The molecule has 136 valence electrons. The molecule has 1 N–H and O–H groups in total. The maximum atomic E-state index is 13.0. The summed E-state index contributed by atoms with van der Waals surface area (Å²) >= 11 is 1.53. The third-order valence-corrected chi connectivity index (χ3v) is 4.89. The standard InChI is InChI=1S/C19H19FN2O3S/c20-15-6-8-16(9-7-15)22-11-17(25-19(22)24)10-21-18(23)13-26-12-14-4-2-1-3-5-14/h1-9,17H,10-13H2,(H,21,23). The molecule has 7 heteroatoms. The number of nitrogens with zero attached hydrogens (tertiary/aromatic N) is 1. The Morgan fingerprint density at radius 3 is 2.65 bits per heavy atom. The maximum absolute atomic E-state index is 13.0. The quantitative estimate of drug-likeness (QED) is 0.809. The number of benzene rings is 2. The molecule has 0 aromatic heterocycles. The van der Waals surface area contributed by atoms with E-state index in [0.717, 1.165) is 5.75 Å². The summed E-state index contributed by atoms with van der Waals surface area (Å²) < 4.78 is 18.2. The molecular weight excluding hydrogens is 355 g/mol. The largest absolute Gasteiger partial charge is 0.442 e. The maximum Gasteiger partial charge on any atom is 0.414 e. The second kappa shape index (κ2) is 8.71. The number of anilines is 1. The lowest BCUT2D eigenvalue weighted by Gasteiger charge is -2.13. The van der Waals surface area contributed by atoms with E-state index < -0.39 is 12.2 Å². The molecular formula is C19H19FN2O3S. The molecule has 1 heterocycles. The molecule has 3 rings (SSSR count). The van der Waals surface area contributed by atoms with Gasteiger partial charge in [0.1, 0.15) is 11.9 Å². The first-order valence-corrected chi connectivity index (χ1v) is 9.39. The summed E-state index contributed by atoms with van der Waals surface area (Å²) in [4.78, 5) is 25.3. The second-order valence-corrected chi connectivity index (χ2v) is 6.86. The van der Waals surface area contributed by atoms with E-state index in [2.05, 4.69) is 5.32 Å². The Morgan fingerprint density at radius 1 is 1.19 bits per heavy atom. The Balaban J connectivity index is 1.40. The molecule has 1 saturated heterocycles. The summed E-state index contributed by atoms with van der Waals surface area (Å²) in [5, 5.41) is 2.79. The number of carbonyl (C=O) groups is 2. The van der Waals surface area contributed by atoms with E-state index in [1.807, 2.05) is 30.3 Å². The fraction of sp³-hybridized carbons (Fsp3) is 0.263. The van der Waals surface area contributed by atoms with E-state index in [4.69, 9.17) is 4.74 Å². The molecule has 0 aliphatic carbocycles. The molecule has 0 saturated carbocycles. The van der Waals surface area contributed by atoms with Crippen LogP contribution in [-0.4, -0.2) is 36.9 Å². The lowest BCUT2D eigenvalue weighted by Crippen LogP contribution is -2.35. The van der Waals surface area contributed by atoms with Crippen LogP contribution >= 0.6 is 11.8 Å². The molecule has 2 aromatic rings. The molecule has 2 aromatic carbocycles. The van der Waals surface area contributed by atoms with Crippen molar-refractivity contribution in [3.63, 3.8) is 0 Å². The number of rotatable bonds is 7. The van der Waals surface area contributed by atoms with Crippen molar-refractivity contribution >= 4 is 29.4 Å². The number of ether oxygens (including phenoxy) is 1. The minimum atomic E-state index is -0.491. The van der Waals surface area contributed by atoms with Gasteiger partial charge in [0.25, 0.3) is 0 Å². The molecule has 1 unspecified atom stereocenters. The number of hydrogen-bond acceptors (Lipinski definition) is 4. The first kappa shape index (κ1) is 18.3. The molecule has 0 radical (unpaired) electrons. The summed E-state index contributed by atoms with van der Waals surface area (Å²) in [5.74, 6) is 0.655. The number of carbonyl (C=O) groups excluding carboxylic acids is 2. The van der Waals surface area contributed by atoms with Crippen LogP contribution in [0.15, 0.2) is 54.6 Å². The Labute approximate surface area is 155 Å². The molecule has 1 aliphatic heterocycles. The van der Waals surface area contributed by atoms with Crippen LogP contribution in [0, 0.1) is 5.82 Å². The van der Waals surface area contributed by atoms with Gasteiger partial charge in [0.2, 0.25) is 5.91 Å².